The van der Waals surface area contributed by atoms with Crippen LogP contribution in [0.25, 0.3) is 50.2 Å². The van der Waals surface area contributed by atoms with E-state index in [-0.39, 0.29) is 4.90 Å². The number of aromatic nitrogens is 5. The Morgan fingerprint density at radius 1 is 0.861 bits per heavy atom. The molecule has 0 fully saturated rings. The summed E-state index contributed by atoms with van der Waals surface area (Å²) < 4.78 is 28.5. The molecule has 36 heavy (non-hydrogen) atoms. The summed E-state index contributed by atoms with van der Waals surface area (Å²) in [6.45, 7) is 0. The molecule has 4 aromatic heterocycles. The lowest BCUT2D eigenvalue weighted by Gasteiger charge is -2.12. The topological polar surface area (TPSA) is 96.2 Å². The minimum atomic E-state index is -3.59. The summed E-state index contributed by atoms with van der Waals surface area (Å²) >= 11 is 0. The van der Waals surface area contributed by atoms with E-state index in [1.807, 2.05) is 36.5 Å². The Hall–Kier alpha value is -4.34. The van der Waals surface area contributed by atoms with Gasteiger partial charge in [0, 0.05) is 55.5 Å². The van der Waals surface area contributed by atoms with Crippen LogP contribution in [0.15, 0.2) is 96.4 Å². The average Bonchev–Trinajstić information content (AvgIpc) is 3.53. The Balaban J connectivity index is 1.62. The molecule has 4 heterocycles. The molecule has 0 aliphatic heterocycles. The number of hydrogen-bond donors (Lipinski definition) is 1. The molecule has 0 amide bonds. The van der Waals surface area contributed by atoms with Gasteiger partial charge in [0.1, 0.15) is 5.69 Å². The second kappa shape index (κ2) is 8.40. The Bertz CT molecular complexity index is 1840. The molecular formula is C27H22N6O2S. The van der Waals surface area contributed by atoms with Gasteiger partial charge in [-0.15, -0.1) is 0 Å². The van der Waals surface area contributed by atoms with Crippen molar-refractivity contribution in [1.29, 1.82) is 0 Å². The van der Waals surface area contributed by atoms with E-state index < -0.39 is 10.0 Å². The van der Waals surface area contributed by atoms with Gasteiger partial charge in [-0.05, 0) is 53.4 Å². The monoisotopic (exact) mass is 494 g/mol. The number of sulfonamides is 1. The molecule has 9 heteroatoms. The number of fused-ring (bicyclic) bond motifs is 2. The average molecular weight is 495 g/mol. The molecule has 2 aromatic carbocycles. The highest BCUT2D eigenvalue weighted by Crippen LogP contribution is 2.37. The number of rotatable bonds is 5. The van der Waals surface area contributed by atoms with E-state index in [9.17, 15) is 8.42 Å². The summed E-state index contributed by atoms with van der Waals surface area (Å²) in [7, 11) is -0.543. The minimum Gasteiger partial charge on any atom is -0.361 e. The van der Waals surface area contributed by atoms with E-state index in [1.165, 1.54) is 18.4 Å². The number of benzene rings is 2. The van der Waals surface area contributed by atoms with Gasteiger partial charge in [-0.2, -0.15) is 5.10 Å². The molecule has 6 aromatic rings. The maximum atomic E-state index is 12.8. The summed E-state index contributed by atoms with van der Waals surface area (Å²) in [5.74, 6) is 0. The van der Waals surface area contributed by atoms with E-state index >= 15 is 0 Å². The highest BCUT2D eigenvalue weighted by Gasteiger charge is 2.22. The highest BCUT2D eigenvalue weighted by atomic mass is 32.2. The van der Waals surface area contributed by atoms with Crippen molar-refractivity contribution in [3.05, 3.63) is 91.5 Å². The number of aromatic amines is 1. The van der Waals surface area contributed by atoms with Gasteiger partial charge in [0.05, 0.1) is 16.2 Å². The Labute approximate surface area is 207 Å². The third-order valence-electron chi connectivity index (χ3n) is 6.22. The van der Waals surface area contributed by atoms with Crippen molar-refractivity contribution in [3.63, 3.8) is 0 Å². The SMILES string of the molecule is CN(C)S(=O)(=O)c1cccc(-c2ccnc3c(-c4ccc5cc[nH]c5c4)c(-c4ccncc4)nn23)c1. The molecule has 0 unspecified atom stereocenters. The van der Waals surface area contributed by atoms with Gasteiger partial charge >= 0.3 is 0 Å². The van der Waals surface area contributed by atoms with Gasteiger partial charge in [0.15, 0.2) is 5.65 Å². The van der Waals surface area contributed by atoms with Gasteiger partial charge in [-0.1, -0.05) is 24.3 Å². The fraction of sp³-hybridized carbons (Fsp3) is 0.0741. The van der Waals surface area contributed by atoms with Gasteiger partial charge in [0.2, 0.25) is 10.0 Å². The van der Waals surface area contributed by atoms with Crippen molar-refractivity contribution in [2.45, 2.75) is 4.90 Å². The van der Waals surface area contributed by atoms with E-state index in [2.05, 4.69) is 28.2 Å². The van der Waals surface area contributed by atoms with Gasteiger partial charge in [0.25, 0.3) is 0 Å². The van der Waals surface area contributed by atoms with Crippen LogP contribution in [-0.2, 0) is 10.0 Å². The highest BCUT2D eigenvalue weighted by molar-refractivity contribution is 7.89. The molecule has 178 valence electrons. The van der Waals surface area contributed by atoms with Gasteiger partial charge in [-0.3, -0.25) is 4.98 Å². The summed E-state index contributed by atoms with van der Waals surface area (Å²) in [6.07, 6.45) is 7.12. The molecule has 1 N–H and O–H groups in total. The molecule has 0 aliphatic rings. The Kier molecular flexibility index (Phi) is 5.17. The van der Waals surface area contributed by atoms with Gasteiger partial charge < -0.3 is 4.98 Å². The van der Waals surface area contributed by atoms with Crippen LogP contribution < -0.4 is 0 Å². The van der Waals surface area contributed by atoms with E-state index in [0.717, 1.165) is 44.5 Å². The van der Waals surface area contributed by atoms with Crippen molar-refractivity contribution < 1.29 is 8.42 Å². The standard InChI is InChI=1S/C27H22N6O2S/c1-32(2)36(34,35)22-5-3-4-20(16-22)24-11-15-30-27-25(21-7-6-18-10-14-29-23(18)17-21)26(31-33(24)27)19-8-12-28-13-9-19/h3-17,29H,1-2H3. The molecule has 0 aliphatic carbocycles. The number of nitrogens with zero attached hydrogens (tertiary/aromatic N) is 5. The fourth-order valence-electron chi connectivity index (χ4n) is 4.37. The zero-order valence-corrected chi connectivity index (χ0v) is 20.4. The number of pyridine rings is 1. The predicted octanol–water partition coefficient (Wildman–Crippen LogP) is 4.86. The molecule has 0 atom stereocenters. The van der Waals surface area contributed by atoms with Crippen LogP contribution >= 0.6 is 0 Å². The molecular weight excluding hydrogens is 472 g/mol. The van der Waals surface area contributed by atoms with Crippen LogP contribution in [0.1, 0.15) is 0 Å². The molecule has 6 rings (SSSR count). The minimum absolute atomic E-state index is 0.217. The fourth-order valence-corrected chi connectivity index (χ4v) is 5.32. The summed E-state index contributed by atoms with van der Waals surface area (Å²) in [4.78, 5) is 12.4. The third kappa shape index (κ3) is 3.57. The number of nitrogens with one attached hydrogen (secondary N) is 1. The smallest absolute Gasteiger partial charge is 0.242 e. The molecule has 0 spiro atoms. The van der Waals surface area contributed by atoms with Crippen molar-refractivity contribution in [1.82, 2.24) is 28.9 Å². The first kappa shape index (κ1) is 22.1. The first-order chi connectivity index (χ1) is 17.4. The second-order valence-corrected chi connectivity index (χ2v) is 10.8. The van der Waals surface area contributed by atoms with Crippen LogP contribution in [0.4, 0.5) is 0 Å². The molecule has 0 bridgehead atoms. The maximum Gasteiger partial charge on any atom is 0.242 e. The van der Waals surface area contributed by atoms with Crippen LogP contribution in [0, 0.1) is 0 Å². The number of hydrogen-bond acceptors (Lipinski definition) is 5. The summed E-state index contributed by atoms with van der Waals surface area (Å²) in [6, 6.07) is 20.8. The lowest BCUT2D eigenvalue weighted by molar-refractivity contribution is 0.521. The first-order valence-corrected chi connectivity index (χ1v) is 12.8. The Morgan fingerprint density at radius 2 is 1.69 bits per heavy atom. The van der Waals surface area contributed by atoms with Crippen LogP contribution in [0.5, 0.6) is 0 Å². The quantitative estimate of drug-likeness (QED) is 0.369. The van der Waals surface area contributed by atoms with Crippen LogP contribution in [-0.4, -0.2) is 51.4 Å². The molecule has 0 radical (unpaired) electrons. The van der Waals surface area contributed by atoms with Gasteiger partial charge in [-0.25, -0.2) is 22.2 Å². The molecule has 8 nitrogen and oxygen atoms in total. The Morgan fingerprint density at radius 3 is 2.50 bits per heavy atom. The largest absolute Gasteiger partial charge is 0.361 e. The van der Waals surface area contributed by atoms with Crippen molar-refractivity contribution >= 4 is 26.6 Å². The lowest BCUT2D eigenvalue weighted by Crippen LogP contribution is -2.22. The molecule has 0 saturated heterocycles. The molecule has 0 saturated carbocycles. The maximum absolute atomic E-state index is 12.8. The third-order valence-corrected chi connectivity index (χ3v) is 8.04. The lowest BCUT2D eigenvalue weighted by atomic mass is 10.0. The van der Waals surface area contributed by atoms with Crippen LogP contribution in [0.3, 0.4) is 0 Å². The summed E-state index contributed by atoms with van der Waals surface area (Å²) in [5.41, 5.74) is 6.68. The number of H-pyrrole nitrogens is 1. The van der Waals surface area contributed by atoms with Crippen LogP contribution in [0.2, 0.25) is 0 Å². The second-order valence-electron chi connectivity index (χ2n) is 8.62. The summed E-state index contributed by atoms with van der Waals surface area (Å²) in [5, 5.41) is 6.11. The van der Waals surface area contributed by atoms with Crippen molar-refractivity contribution in [2.24, 2.45) is 0 Å². The van der Waals surface area contributed by atoms with Crippen molar-refractivity contribution in [3.8, 4) is 33.6 Å². The van der Waals surface area contributed by atoms with E-state index in [0.29, 0.717) is 5.65 Å². The predicted molar refractivity (Wildman–Crippen MR) is 140 cm³/mol. The zero-order valence-electron chi connectivity index (χ0n) is 19.6. The van der Waals surface area contributed by atoms with Crippen molar-refractivity contribution in [2.75, 3.05) is 14.1 Å². The first-order valence-electron chi connectivity index (χ1n) is 11.3. The normalized spacial score (nSPS) is 12.1. The van der Waals surface area contributed by atoms with E-state index in [4.69, 9.17) is 10.1 Å². The van der Waals surface area contributed by atoms with E-state index in [1.54, 1.807) is 41.3 Å². The zero-order chi connectivity index (χ0) is 24.9.